The van der Waals surface area contributed by atoms with E-state index >= 15 is 0 Å². The number of quaternary nitrogens is 1. The van der Waals surface area contributed by atoms with Crippen LogP contribution in [-0.4, -0.2) is 13.1 Å². The molecule has 6 nitrogen and oxygen atoms in total. The molecule has 1 atom stereocenters. The summed E-state index contributed by atoms with van der Waals surface area (Å²) in [4.78, 5) is 5.00. The molecule has 1 unspecified atom stereocenters. The van der Waals surface area contributed by atoms with Crippen LogP contribution >= 0.6 is 0 Å². The summed E-state index contributed by atoms with van der Waals surface area (Å²) in [5.41, 5.74) is 4.27. The summed E-state index contributed by atoms with van der Waals surface area (Å²) >= 11 is 0. The Bertz CT molecular complexity index is 992. The number of aromatic nitrogens is 1. The topological polar surface area (TPSA) is 79.6 Å². The van der Waals surface area contributed by atoms with Gasteiger partial charge in [-0.15, -0.1) is 0 Å². The molecule has 3 aromatic rings. The molecule has 0 saturated carbocycles. The van der Waals surface area contributed by atoms with Crippen LogP contribution in [0.15, 0.2) is 53.1 Å². The van der Waals surface area contributed by atoms with Crippen LogP contribution in [0.1, 0.15) is 34.9 Å². The van der Waals surface area contributed by atoms with E-state index in [2.05, 4.69) is 40.7 Å². The van der Waals surface area contributed by atoms with Crippen molar-refractivity contribution in [2.24, 2.45) is 0 Å². The highest BCUT2D eigenvalue weighted by Crippen LogP contribution is 2.26. The molecule has 0 radical (unpaired) electrons. The van der Waals surface area contributed by atoms with Crippen molar-refractivity contribution in [3.63, 3.8) is 0 Å². The summed E-state index contributed by atoms with van der Waals surface area (Å²) < 4.78 is 5.47. The highest BCUT2D eigenvalue weighted by molar-refractivity contribution is 5.60. The number of H-pyrrole nitrogens is 1. The van der Waals surface area contributed by atoms with Crippen LogP contribution < -0.4 is 20.5 Å². The van der Waals surface area contributed by atoms with Crippen LogP contribution in [0.3, 0.4) is 0 Å². The Kier molecular flexibility index (Phi) is 5.78. The summed E-state index contributed by atoms with van der Waals surface area (Å²) in [5, 5.41) is 16.9. The number of nitrogens with zero attached hydrogens (tertiary/aromatic N) is 1. The van der Waals surface area contributed by atoms with Gasteiger partial charge < -0.3 is 14.6 Å². The van der Waals surface area contributed by atoms with Crippen molar-refractivity contribution in [1.29, 1.82) is 5.26 Å². The first-order valence-electron chi connectivity index (χ1n) is 10.2. The second-order valence-electron chi connectivity index (χ2n) is 7.37. The van der Waals surface area contributed by atoms with Gasteiger partial charge in [0.1, 0.15) is 30.5 Å². The molecule has 4 N–H and O–H groups in total. The van der Waals surface area contributed by atoms with Crippen LogP contribution in [-0.2, 0) is 26.1 Å². The first kappa shape index (κ1) is 19.0. The van der Waals surface area contributed by atoms with E-state index in [0.717, 1.165) is 54.6 Å². The number of fused-ring (bicyclic) bond motifs is 1. The Morgan fingerprint density at radius 2 is 1.90 bits per heavy atom. The summed E-state index contributed by atoms with van der Waals surface area (Å²) in [6, 6.07) is 16.5. The van der Waals surface area contributed by atoms with E-state index in [1.807, 2.05) is 30.3 Å². The highest BCUT2D eigenvalue weighted by atomic mass is 16.3. The third-order valence-corrected chi connectivity index (χ3v) is 5.57. The van der Waals surface area contributed by atoms with Crippen LogP contribution in [0.2, 0.25) is 0 Å². The number of furan rings is 1. The van der Waals surface area contributed by atoms with Crippen LogP contribution in [0.4, 0.5) is 11.6 Å². The molecular weight excluding hydrogens is 362 g/mol. The van der Waals surface area contributed by atoms with Crippen molar-refractivity contribution in [2.75, 3.05) is 23.7 Å². The van der Waals surface area contributed by atoms with Crippen LogP contribution in [0, 0.1) is 11.3 Å². The standard InChI is InChI=1S/C23H25N5O/c1-2-28-11-10-19-20(13-24)22(25-14-17-7-4-3-5-8-17)27-23(21(19)16-28)26-15-18-9-6-12-29-18/h3-9,12H,2,10-11,14-16H2,1H3,(H2,25,26,27)/p+2. The molecule has 1 aromatic carbocycles. The van der Waals surface area contributed by atoms with Crippen molar-refractivity contribution in [3.05, 3.63) is 76.7 Å². The third-order valence-electron chi connectivity index (χ3n) is 5.57. The average Bonchev–Trinajstić information content (AvgIpc) is 3.30. The number of rotatable bonds is 7. The predicted octanol–water partition coefficient (Wildman–Crippen LogP) is 2.15. The molecule has 0 aliphatic carbocycles. The van der Waals surface area contributed by atoms with Gasteiger partial charge in [-0.3, -0.25) is 5.32 Å². The number of likely N-dealkylation sites (N-methyl/N-ethyl adjacent to an activating group) is 1. The third kappa shape index (κ3) is 4.25. The molecule has 1 aliphatic rings. The molecule has 6 heteroatoms. The summed E-state index contributed by atoms with van der Waals surface area (Å²) in [6.45, 7) is 6.51. The monoisotopic (exact) mass is 389 g/mol. The van der Waals surface area contributed by atoms with Crippen molar-refractivity contribution in [1.82, 2.24) is 0 Å². The minimum Gasteiger partial charge on any atom is -0.466 e. The molecule has 2 aromatic heterocycles. The molecule has 0 saturated heterocycles. The molecule has 0 spiro atoms. The lowest BCUT2D eigenvalue weighted by atomic mass is 9.95. The van der Waals surface area contributed by atoms with Gasteiger partial charge in [0.2, 0.25) is 11.6 Å². The lowest BCUT2D eigenvalue weighted by molar-refractivity contribution is -0.914. The Morgan fingerprint density at radius 3 is 2.62 bits per heavy atom. The minimum atomic E-state index is 0.599. The van der Waals surface area contributed by atoms with Gasteiger partial charge in [0.05, 0.1) is 31.5 Å². The molecule has 4 rings (SSSR count). The number of benzene rings is 1. The Hall–Kier alpha value is -3.30. The van der Waals surface area contributed by atoms with Crippen LogP contribution in [0.5, 0.6) is 0 Å². The lowest BCUT2D eigenvalue weighted by Crippen LogP contribution is -3.11. The van der Waals surface area contributed by atoms with E-state index in [9.17, 15) is 5.26 Å². The normalized spacial score (nSPS) is 15.4. The van der Waals surface area contributed by atoms with E-state index in [1.54, 1.807) is 6.26 Å². The predicted molar refractivity (Wildman–Crippen MR) is 111 cm³/mol. The summed E-state index contributed by atoms with van der Waals surface area (Å²) in [7, 11) is 0. The SMILES string of the molecule is CC[NH+]1CCc2c(C#N)c(NCc3ccccc3)[nH+]c(NCc3ccco3)c2C1. The maximum Gasteiger partial charge on any atom is 0.237 e. The van der Waals surface area contributed by atoms with Crippen molar-refractivity contribution < 1.29 is 14.3 Å². The first-order chi connectivity index (χ1) is 14.3. The van der Waals surface area contributed by atoms with Crippen molar-refractivity contribution in [3.8, 4) is 6.07 Å². The zero-order valence-electron chi connectivity index (χ0n) is 16.7. The second kappa shape index (κ2) is 8.80. The van der Waals surface area contributed by atoms with Gasteiger partial charge in [-0.2, -0.15) is 5.26 Å². The number of nitriles is 1. The summed E-state index contributed by atoms with van der Waals surface area (Å²) in [6.07, 6.45) is 2.59. The zero-order chi connectivity index (χ0) is 20.1. The maximum absolute atomic E-state index is 9.91. The van der Waals surface area contributed by atoms with E-state index in [-0.39, 0.29) is 0 Å². The first-order valence-corrected chi connectivity index (χ1v) is 10.2. The minimum absolute atomic E-state index is 0.599. The number of aromatic amines is 1. The van der Waals surface area contributed by atoms with Gasteiger partial charge in [-0.1, -0.05) is 30.3 Å². The van der Waals surface area contributed by atoms with E-state index in [1.165, 1.54) is 16.0 Å². The fraction of sp³-hybridized carbons (Fsp3) is 0.304. The molecule has 0 bridgehead atoms. The largest absolute Gasteiger partial charge is 0.466 e. The Balaban J connectivity index is 1.66. The van der Waals surface area contributed by atoms with Crippen LogP contribution in [0.25, 0.3) is 0 Å². The number of hydrogen-bond donors (Lipinski definition) is 3. The fourth-order valence-corrected chi connectivity index (χ4v) is 3.91. The van der Waals surface area contributed by atoms with Gasteiger partial charge in [-0.25, -0.2) is 4.98 Å². The molecule has 0 fully saturated rings. The zero-order valence-corrected chi connectivity index (χ0v) is 16.7. The van der Waals surface area contributed by atoms with E-state index < -0.39 is 0 Å². The fourth-order valence-electron chi connectivity index (χ4n) is 3.91. The number of nitrogens with one attached hydrogen (secondary N) is 4. The number of pyridine rings is 1. The average molecular weight is 390 g/mol. The molecule has 148 valence electrons. The highest BCUT2D eigenvalue weighted by Gasteiger charge is 2.29. The molecule has 0 amide bonds. The number of hydrogen-bond acceptors (Lipinski definition) is 4. The molecule has 1 aliphatic heterocycles. The lowest BCUT2D eigenvalue weighted by Gasteiger charge is -2.26. The van der Waals surface area contributed by atoms with Gasteiger partial charge in [0.15, 0.2) is 0 Å². The smallest absolute Gasteiger partial charge is 0.237 e. The second-order valence-corrected chi connectivity index (χ2v) is 7.37. The molecule has 29 heavy (non-hydrogen) atoms. The quantitative estimate of drug-likeness (QED) is 0.579. The maximum atomic E-state index is 9.91. The van der Waals surface area contributed by atoms with E-state index in [4.69, 9.17) is 4.42 Å². The Labute approximate surface area is 171 Å². The van der Waals surface area contributed by atoms with Gasteiger partial charge in [0.25, 0.3) is 0 Å². The molecular formula is C23H27N5O+2. The Morgan fingerprint density at radius 1 is 1.07 bits per heavy atom. The van der Waals surface area contributed by atoms with E-state index in [0.29, 0.717) is 13.1 Å². The van der Waals surface area contributed by atoms with Gasteiger partial charge >= 0.3 is 0 Å². The summed E-state index contributed by atoms with van der Waals surface area (Å²) in [5.74, 6) is 2.62. The van der Waals surface area contributed by atoms with Gasteiger partial charge in [0, 0.05) is 6.42 Å². The number of anilines is 2. The van der Waals surface area contributed by atoms with Gasteiger partial charge in [-0.05, 0) is 30.2 Å². The van der Waals surface area contributed by atoms with Crippen molar-refractivity contribution >= 4 is 11.6 Å². The van der Waals surface area contributed by atoms with Crippen molar-refractivity contribution in [2.45, 2.75) is 33.0 Å². The molecule has 3 heterocycles.